The van der Waals surface area contributed by atoms with Crippen LogP contribution in [-0.4, -0.2) is 0 Å². The molecule has 0 heteroatoms. The molecule has 0 rings (SSSR count). The molecule has 0 fully saturated rings. The molecule has 0 radical (unpaired) electrons. The normalized spacial score (nSPS) is 13.5. The second-order valence-electron chi connectivity index (χ2n) is 4.80. The number of allylic oxidation sites excluding steroid dienone is 2. The molecule has 15 heavy (non-hydrogen) atoms. The van der Waals surface area contributed by atoms with Crippen LogP contribution >= 0.6 is 0 Å². The van der Waals surface area contributed by atoms with Gasteiger partial charge in [-0.25, -0.2) is 0 Å². The van der Waals surface area contributed by atoms with Crippen molar-refractivity contribution in [3.63, 3.8) is 0 Å². The van der Waals surface area contributed by atoms with Crippen molar-refractivity contribution in [2.45, 2.75) is 78.6 Å². The van der Waals surface area contributed by atoms with Gasteiger partial charge in [-0.15, -0.1) is 0 Å². The van der Waals surface area contributed by atoms with E-state index in [4.69, 9.17) is 0 Å². The van der Waals surface area contributed by atoms with E-state index in [1.54, 1.807) is 0 Å². The van der Waals surface area contributed by atoms with Crippen molar-refractivity contribution in [1.29, 1.82) is 0 Å². The van der Waals surface area contributed by atoms with E-state index >= 15 is 0 Å². The Morgan fingerprint density at radius 1 is 0.867 bits per heavy atom. The topological polar surface area (TPSA) is 0 Å². The molecule has 0 nitrogen and oxygen atoms in total. The highest BCUT2D eigenvalue weighted by molar-refractivity contribution is 4.82. The van der Waals surface area contributed by atoms with Gasteiger partial charge in [-0.1, -0.05) is 77.9 Å². The second-order valence-corrected chi connectivity index (χ2v) is 4.80. The molecule has 0 saturated heterocycles. The molecule has 0 aromatic carbocycles. The number of rotatable bonds is 10. The zero-order valence-corrected chi connectivity index (χ0v) is 11.1. The van der Waals surface area contributed by atoms with E-state index in [-0.39, 0.29) is 0 Å². The SMILES string of the molecule is CCC/C=C/C[C@H](C)CCCCCCC. The van der Waals surface area contributed by atoms with Crippen molar-refractivity contribution >= 4 is 0 Å². The van der Waals surface area contributed by atoms with Crippen LogP contribution in [0.5, 0.6) is 0 Å². The quantitative estimate of drug-likeness (QED) is 0.319. The van der Waals surface area contributed by atoms with Crippen LogP contribution < -0.4 is 0 Å². The Kier molecular flexibility index (Phi) is 11.6. The lowest BCUT2D eigenvalue weighted by atomic mass is 9.99. The summed E-state index contributed by atoms with van der Waals surface area (Å²) in [7, 11) is 0. The molecule has 0 aromatic rings. The van der Waals surface area contributed by atoms with E-state index in [1.807, 2.05) is 0 Å². The Hall–Kier alpha value is -0.260. The maximum Gasteiger partial charge on any atom is -0.0325 e. The summed E-state index contributed by atoms with van der Waals surface area (Å²) in [6, 6.07) is 0. The number of hydrogen-bond donors (Lipinski definition) is 0. The molecule has 0 aromatic heterocycles. The Labute approximate surface area is 97.2 Å². The molecule has 0 aliphatic rings. The highest BCUT2D eigenvalue weighted by Gasteiger charge is 1.98. The van der Waals surface area contributed by atoms with E-state index in [0.29, 0.717) is 0 Å². The smallest absolute Gasteiger partial charge is 0.0325 e. The molecule has 0 heterocycles. The average molecular weight is 210 g/mol. The van der Waals surface area contributed by atoms with Crippen LogP contribution in [0.4, 0.5) is 0 Å². The summed E-state index contributed by atoms with van der Waals surface area (Å²) >= 11 is 0. The van der Waals surface area contributed by atoms with Gasteiger partial charge in [0.15, 0.2) is 0 Å². The highest BCUT2D eigenvalue weighted by atomic mass is 14.0. The number of hydrogen-bond acceptors (Lipinski definition) is 0. The fourth-order valence-electron chi connectivity index (χ4n) is 1.83. The van der Waals surface area contributed by atoms with E-state index in [1.165, 1.54) is 57.8 Å². The van der Waals surface area contributed by atoms with Crippen LogP contribution in [0.3, 0.4) is 0 Å². The van der Waals surface area contributed by atoms with Crippen LogP contribution in [0.2, 0.25) is 0 Å². The first kappa shape index (κ1) is 14.7. The van der Waals surface area contributed by atoms with E-state index in [9.17, 15) is 0 Å². The van der Waals surface area contributed by atoms with Gasteiger partial charge in [0.2, 0.25) is 0 Å². The first-order chi connectivity index (χ1) is 7.31. The predicted molar refractivity (Wildman–Crippen MR) is 71.2 cm³/mol. The third-order valence-corrected chi connectivity index (χ3v) is 2.96. The summed E-state index contributed by atoms with van der Waals surface area (Å²) < 4.78 is 0. The Morgan fingerprint density at radius 3 is 2.27 bits per heavy atom. The van der Waals surface area contributed by atoms with Crippen LogP contribution in [0.15, 0.2) is 12.2 Å². The van der Waals surface area contributed by atoms with Crippen molar-refractivity contribution in [3.05, 3.63) is 12.2 Å². The minimum absolute atomic E-state index is 0.889. The summed E-state index contributed by atoms with van der Waals surface area (Å²) in [5.74, 6) is 0.889. The summed E-state index contributed by atoms with van der Waals surface area (Å²) in [6.45, 7) is 6.90. The average Bonchev–Trinajstić information content (AvgIpc) is 2.24. The molecule has 0 bridgehead atoms. The maximum absolute atomic E-state index is 2.39. The minimum atomic E-state index is 0.889. The predicted octanol–water partition coefficient (Wildman–Crippen LogP) is 5.73. The molecule has 0 unspecified atom stereocenters. The zero-order valence-electron chi connectivity index (χ0n) is 11.1. The largest absolute Gasteiger partial charge is 0.0885 e. The van der Waals surface area contributed by atoms with Crippen LogP contribution in [0.25, 0.3) is 0 Å². The van der Waals surface area contributed by atoms with Crippen LogP contribution in [-0.2, 0) is 0 Å². The molecule has 90 valence electrons. The maximum atomic E-state index is 2.39. The summed E-state index contributed by atoms with van der Waals surface area (Å²) in [6.07, 6.45) is 17.0. The Morgan fingerprint density at radius 2 is 1.60 bits per heavy atom. The fraction of sp³-hybridized carbons (Fsp3) is 0.867. The van der Waals surface area contributed by atoms with Gasteiger partial charge in [-0.3, -0.25) is 0 Å². The molecule has 0 spiro atoms. The first-order valence-electron chi connectivity index (χ1n) is 6.96. The third kappa shape index (κ3) is 11.7. The second kappa shape index (κ2) is 11.8. The van der Waals surface area contributed by atoms with Crippen molar-refractivity contribution < 1.29 is 0 Å². The van der Waals surface area contributed by atoms with Crippen molar-refractivity contribution in [2.75, 3.05) is 0 Å². The van der Waals surface area contributed by atoms with Gasteiger partial charge < -0.3 is 0 Å². The van der Waals surface area contributed by atoms with Crippen LogP contribution in [0.1, 0.15) is 78.6 Å². The minimum Gasteiger partial charge on any atom is -0.0885 e. The Bertz CT molecular complexity index is 135. The standard InChI is InChI=1S/C15H30/c1-4-6-8-10-12-14-15(3)13-11-9-7-5-2/h9,11,15H,4-8,10,12-14H2,1-3H3/b11-9+/t15-/m0/s1. The highest BCUT2D eigenvalue weighted by Crippen LogP contribution is 2.14. The molecular formula is C15H30. The van der Waals surface area contributed by atoms with Gasteiger partial charge in [0.1, 0.15) is 0 Å². The fourth-order valence-corrected chi connectivity index (χ4v) is 1.83. The van der Waals surface area contributed by atoms with E-state index in [0.717, 1.165) is 5.92 Å². The van der Waals surface area contributed by atoms with Crippen molar-refractivity contribution in [3.8, 4) is 0 Å². The lowest BCUT2D eigenvalue weighted by Gasteiger charge is -2.07. The molecular weight excluding hydrogens is 180 g/mol. The van der Waals surface area contributed by atoms with E-state index in [2.05, 4.69) is 32.9 Å². The van der Waals surface area contributed by atoms with Gasteiger partial charge in [-0.2, -0.15) is 0 Å². The molecule has 0 aliphatic heterocycles. The lowest BCUT2D eigenvalue weighted by molar-refractivity contribution is 0.489. The molecule has 0 aliphatic carbocycles. The van der Waals surface area contributed by atoms with Crippen molar-refractivity contribution in [2.24, 2.45) is 5.92 Å². The molecule has 0 N–H and O–H groups in total. The van der Waals surface area contributed by atoms with Gasteiger partial charge in [0, 0.05) is 0 Å². The third-order valence-electron chi connectivity index (χ3n) is 2.96. The summed E-state index contributed by atoms with van der Waals surface area (Å²) in [5.41, 5.74) is 0. The van der Waals surface area contributed by atoms with Crippen LogP contribution in [0, 0.1) is 5.92 Å². The van der Waals surface area contributed by atoms with Gasteiger partial charge >= 0.3 is 0 Å². The van der Waals surface area contributed by atoms with Gasteiger partial charge in [-0.05, 0) is 18.8 Å². The molecule has 0 saturated carbocycles. The molecule has 1 atom stereocenters. The van der Waals surface area contributed by atoms with Crippen molar-refractivity contribution in [1.82, 2.24) is 0 Å². The molecule has 0 amide bonds. The van der Waals surface area contributed by atoms with Gasteiger partial charge in [0.05, 0.1) is 0 Å². The first-order valence-corrected chi connectivity index (χ1v) is 6.96. The number of unbranched alkanes of at least 4 members (excludes halogenated alkanes) is 5. The monoisotopic (exact) mass is 210 g/mol. The van der Waals surface area contributed by atoms with Gasteiger partial charge in [0.25, 0.3) is 0 Å². The van der Waals surface area contributed by atoms with E-state index < -0.39 is 0 Å². The Balaban J connectivity index is 3.21. The zero-order chi connectivity index (χ0) is 11.4. The lowest BCUT2D eigenvalue weighted by Crippen LogP contribution is -1.92. The summed E-state index contributed by atoms with van der Waals surface area (Å²) in [5, 5.41) is 0. The summed E-state index contributed by atoms with van der Waals surface area (Å²) in [4.78, 5) is 0.